The lowest BCUT2D eigenvalue weighted by Crippen LogP contribution is -2.23. The van der Waals surface area contributed by atoms with Gasteiger partial charge in [-0.25, -0.2) is 0 Å². The molecule has 0 aliphatic heterocycles. The van der Waals surface area contributed by atoms with Crippen LogP contribution in [0.4, 0.5) is 5.69 Å². The smallest absolute Gasteiger partial charge is 0.250 e. The molecule has 0 unspecified atom stereocenters. The summed E-state index contributed by atoms with van der Waals surface area (Å²) in [5.74, 6) is -0.0235. The largest absolute Gasteiger partial charge is 0.312 e. The fourth-order valence-electron chi connectivity index (χ4n) is 1.43. The Morgan fingerprint density at radius 1 is 1.18 bits per heavy atom. The van der Waals surface area contributed by atoms with E-state index in [-0.39, 0.29) is 5.91 Å². The van der Waals surface area contributed by atoms with E-state index in [4.69, 9.17) is 0 Å². The molecule has 0 fully saturated rings. The first-order valence-electron chi connectivity index (χ1n) is 5.32. The Hall–Kier alpha value is -1.87. The van der Waals surface area contributed by atoms with Crippen molar-refractivity contribution in [2.24, 2.45) is 0 Å². The van der Waals surface area contributed by atoms with E-state index in [1.165, 1.54) is 0 Å². The number of carbonyl (C=O) groups is 1. The van der Waals surface area contributed by atoms with Crippen LogP contribution in [-0.2, 0) is 4.79 Å². The number of amides is 1. The Bertz CT molecular complexity index is 502. The van der Waals surface area contributed by atoms with E-state index in [1.54, 1.807) is 29.4 Å². The van der Waals surface area contributed by atoms with E-state index < -0.39 is 0 Å². The molecule has 2 nitrogen and oxygen atoms in total. The first-order chi connectivity index (χ1) is 8.27. The van der Waals surface area contributed by atoms with Crippen LogP contribution < -0.4 is 4.90 Å². The third kappa shape index (κ3) is 3.04. The molecule has 0 bridgehead atoms. The van der Waals surface area contributed by atoms with Crippen LogP contribution in [0.3, 0.4) is 0 Å². The van der Waals surface area contributed by atoms with Gasteiger partial charge in [-0.2, -0.15) is 0 Å². The molecule has 0 aliphatic carbocycles. The second-order valence-corrected chi connectivity index (χ2v) is 4.56. The van der Waals surface area contributed by atoms with Crippen molar-refractivity contribution < 1.29 is 4.79 Å². The fraction of sp³-hybridized carbons (Fsp3) is 0.0714. The van der Waals surface area contributed by atoms with Crippen LogP contribution in [0.2, 0.25) is 0 Å². The predicted octanol–water partition coefficient (Wildman–Crippen LogP) is 3.42. The Kier molecular flexibility index (Phi) is 3.73. The quantitative estimate of drug-likeness (QED) is 0.756. The number of nitrogens with zero attached hydrogens (tertiary/aromatic N) is 1. The first kappa shape index (κ1) is 11.6. The molecule has 0 atom stereocenters. The number of hydrogen-bond donors (Lipinski definition) is 0. The van der Waals surface area contributed by atoms with Crippen molar-refractivity contribution in [1.29, 1.82) is 0 Å². The van der Waals surface area contributed by atoms with Crippen molar-refractivity contribution in [3.05, 3.63) is 58.8 Å². The molecule has 1 aromatic carbocycles. The summed E-state index contributed by atoms with van der Waals surface area (Å²) in [7, 11) is 1.77. The maximum absolute atomic E-state index is 11.9. The zero-order chi connectivity index (χ0) is 12.1. The van der Waals surface area contributed by atoms with Gasteiger partial charge < -0.3 is 4.90 Å². The van der Waals surface area contributed by atoms with Gasteiger partial charge in [-0.15, -0.1) is 11.3 Å². The van der Waals surface area contributed by atoms with Crippen molar-refractivity contribution in [2.45, 2.75) is 0 Å². The number of likely N-dealkylation sites (N-methyl/N-ethyl adjacent to an activating group) is 1. The molecular weight excluding hydrogens is 230 g/mol. The normalized spacial score (nSPS) is 10.6. The van der Waals surface area contributed by atoms with Gasteiger partial charge >= 0.3 is 0 Å². The molecule has 0 N–H and O–H groups in total. The minimum Gasteiger partial charge on any atom is -0.312 e. The molecule has 17 heavy (non-hydrogen) atoms. The summed E-state index contributed by atoms with van der Waals surface area (Å²) in [5, 5.41) is 1.99. The van der Waals surface area contributed by atoms with Gasteiger partial charge in [0, 0.05) is 23.7 Å². The lowest BCUT2D eigenvalue weighted by molar-refractivity contribution is -0.113. The molecule has 1 amide bonds. The molecule has 1 aromatic heterocycles. The molecule has 3 heteroatoms. The van der Waals surface area contributed by atoms with Crippen LogP contribution >= 0.6 is 11.3 Å². The molecule has 0 aliphatic rings. The number of carbonyl (C=O) groups excluding carboxylic acids is 1. The van der Waals surface area contributed by atoms with Gasteiger partial charge in [-0.1, -0.05) is 24.3 Å². The first-order valence-corrected chi connectivity index (χ1v) is 6.19. The lowest BCUT2D eigenvalue weighted by Gasteiger charge is -2.14. The highest BCUT2D eigenvalue weighted by atomic mass is 32.1. The van der Waals surface area contributed by atoms with E-state index in [1.807, 2.05) is 53.9 Å². The molecule has 0 saturated heterocycles. The topological polar surface area (TPSA) is 20.3 Å². The van der Waals surface area contributed by atoms with E-state index in [0.29, 0.717) is 0 Å². The summed E-state index contributed by atoms with van der Waals surface area (Å²) in [5.41, 5.74) is 0.897. The van der Waals surface area contributed by atoms with Gasteiger partial charge in [-0.3, -0.25) is 4.79 Å². The highest BCUT2D eigenvalue weighted by Crippen LogP contribution is 2.13. The summed E-state index contributed by atoms with van der Waals surface area (Å²) < 4.78 is 0. The van der Waals surface area contributed by atoms with Gasteiger partial charge in [0.25, 0.3) is 5.91 Å². The van der Waals surface area contributed by atoms with Crippen LogP contribution in [-0.4, -0.2) is 13.0 Å². The molecular formula is C14H13NOS. The second kappa shape index (κ2) is 5.46. The molecule has 1 heterocycles. The van der Waals surface area contributed by atoms with Crippen LogP contribution in [0.25, 0.3) is 6.08 Å². The Labute approximate surface area is 105 Å². The third-order valence-corrected chi connectivity index (χ3v) is 3.24. The molecule has 2 rings (SSSR count). The van der Waals surface area contributed by atoms with Crippen molar-refractivity contribution >= 4 is 29.0 Å². The van der Waals surface area contributed by atoms with Gasteiger partial charge in [0.05, 0.1) is 0 Å². The fourth-order valence-corrected chi connectivity index (χ4v) is 2.05. The highest BCUT2D eigenvalue weighted by Gasteiger charge is 2.06. The third-order valence-electron chi connectivity index (χ3n) is 2.41. The minimum atomic E-state index is -0.0235. The number of hydrogen-bond acceptors (Lipinski definition) is 2. The summed E-state index contributed by atoms with van der Waals surface area (Å²) >= 11 is 1.61. The summed E-state index contributed by atoms with van der Waals surface area (Å²) in [4.78, 5) is 14.6. The van der Waals surface area contributed by atoms with Crippen LogP contribution in [0, 0.1) is 0 Å². The van der Waals surface area contributed by atoms with Crippen molar-refractivity contribution in [3.63, 3.8) is 0 Å². The maximum atomic E-state index is 11.9. The van der Waals surface area contributed by atoms with E-state index in [0.717, 1.165) is 10.6 Å². The highest BCUT2D eigenvalue weighted by molar-refractivity contribution is 7.10. The van der Waals surface area contributed by atoms with Gasteiger partial charge in [0.2, 0.25) is 0 Å². The lowest BCUT2D eigenvalue weighted by atomic mass is 10.3. The van der Waals surface area contributed by atoms with Gasteiger partial charge in [-0.05, 0) is 29.7 Å². The number of thiophene rings is 1. The number of anilines is 1. The maximum Gasteiger partial charge on any atom is 0.250 e. The monoisotopic (exact) mass is 243 g/mol. The van der Waals surface area contributed by atoms with Crippen LogP contribution in [0.15, 0.2) is 53.9 Å². The Morgan fingerprint density at radius 2 is 1.94 bits per heavy atom. The number of benzene rings is 1. The standard InChI is InChI=1S/C14H13NOS/c1-15(12-6-3-2-4-7-12)14(16)10-9-13-8-5-11-17-13/h2-11H,1H3/b10-9+. The predicted molar refractivity (Wildman–Crippen MR) is 73.2 cm³/mol. The van der Waals surface area contributed by atoms with E-state index in [2.05, 4.69) is 0 Å². The average Bonchev–Trinajstić information content (AvgIpc) is 2.89. The van der Waals surface area contributed by atoms with Crippen LogP contribution in [0.1, 0.15) is 4.88 Å². The number of para-hydroxylation sites is 1. The van der Waals surface area contributed by atoms with Crippen molar-refractivity contribution in [1.82, 2.24) is 0 Å². The molecule has 0 radical (unpaired) electrons. The minimum absolute atomic E-state index is 0.0235. The van der Waals surface area contributed by atoms with E-state index in [9.17, 15) is 4.79 Å². The summed E-state index contributed by atoms with van der Waals surface area (Å²) in [6.07, 6.45) is 3.44. The Balaban J connectivity index is 2.06. The van der Waals surface area contributed by atoms with Gasteiger partial charge in [0.1, 0.15) is 0 Å². The summed E-state index contributed by atoms with van der Waals surface area (Å²) in [6, 6.07) is 13.5. The number of rotatable bonds is 3. The zero-order valence-electron chi connectivity index (χ0n) is 9.54. The molecule has 0 saturated carbocycles. The molecule has 86 valence electrons. The molecule has 0 spiro atoms. The second-order valence-electron chi connectivity index (χ2n) is 3.58. The van der Waals surface area contributed by atoms with Gasteiger partial charge in [0.15, 0.2) is 0 Å². The SMILES string of the molecule is CN(C(=O)/C=C/c1cccs1)c1ccccc1. The molecule has 2 aromatic rings. The average molecular weight is 243 g/mol. The van der Waals surface area contributed by atoms with Crippen LogP contribution in [0.5, 0.6) is 0 Å². The van der Waals surface area contributed by atoms with Crippen molar-refractivity contribution in [3.8, 4) is 0 Å². The Morgan fingerprint density at radius 3 is 2.59 bits per heavy atom. The zero-order valence-corrected chi connectivity index (χ0v) is 10.4. The van der Waals surface area contributed by atoms with Crippen molar-refractivity contribution in [2.75, 3.05) is 11.9 Å². The van der Waals surface area contributed by atoms with E-state index >= 15 is 0 Å². The summed E-state index contributed by atoms with van der Waals surface area (Å²) in [6.45, 7) is 0.